The standard InChI is InChI=1S/C15H20FN3O/c1-12(5-8-19-7-2-6-18-19)17-10-13-3-4-15(16)14(9-13)11-20/h2-4,6-7,9,12,17,20H,5,8,10-11H2,1H3. The summed E-state index contributed by atoms with van der Waals surface area (Å²) in [6, 6.07) is 7.08. The van der Waals surface area contributed by atoms with Crippen molar-refractivity contribution in [3.05, 3.63) is 53.6 Å². The summed E-state index contributed by atoms with van der Waals surface area (Å²) in [5.74, 6) is -0.358. The topological polar surface area (TPSA) is 50.1 Å². The van der Waals surface area contributed by atoms with E-state index in [-0.39, 0.29) is 12.4 Å². The Bertz CT molecular complexity index is 528. The lowest BCUT2D eigenvalue weighted by Gasteiger charge is -2.14. The zero-order chi connectivity index (χ0) is 14.4. The van der Waals surface area contributed by atoms with E-state index < -0.39 is 0 Å². The van der Waals surface area contributed by atoms with Crippen LogP contribution < -0.4 is 5.32 Å². The van der Waals surface area contributed by atoms with Crippen LogP contribution in [-0.2, 0) is 19.7 Å². The van der Waals surface area contributed by atoms with Crippen LogP contribution in [-0.4, -0.2) is 20.9 Å². The summed E-state index contributed by atoms with van der Waals surface area (Å²) < 4.78 is 15.2. The second-order valence-corrected chi connectivity index (χ2v) is 4.92. The van der Waals surface area contributed by atoms with Crippen LogP contribution in [0.1, 0.15) is 24.5 Å². The normalized spacial score (nSPS) is 12.6. The molecule has 0 aliphatic heterocycles. The maximum atomic E-state index is 13.3. The molecule has 2 rings (SSSR count). The van der Waals surface area contributed by atoms with E-state index in [9.17, 15) is 4.39 Å². The number of benzene rings is 1. The fraction of sp³-hybridized carbons (Fsp3) is 0.400. The molecule has 1 unspecified atom stereocenters. The third-order valence-corrected chi connectivity index (χ3v) is 3.29. The summed E-state index contributed by atoms with van der Waals surface area (Å²) in [6.45, 7) is 3.37. The Balaban J connectivity index is 1.79. The summed E-state index contributed by atoms with van der Waals surface area (Å²) in [7, 11) is 0. The van der Waals surface area contributed by atoms with Crippen molar-refractivity contribution in [2.24, 2.45) is 0 Å². The van der Waals surface area contributed by atoms with Crippen molar-refractivity contribution >= 4 is 0 Å². The van der Waals surface area contributed by atoms with Crippen LogP contribution >= 0.6 is 0 Å². The average molecular weight is 277 g/mol. The van der Waals surface area contributed by atoms with Gasteiger partial charge in [-0.25, -0.2) is 4.39 Å². The van der Waals surface area contributed by atoms with E-state index in [1.165, 1.54) is 6.07 Å². The lowest BCUT2D eigenvalue weighted by molar-refractivity contribution is 0.275. The molecule has 1 aromatic carbocycles. The molecule has 0 saturated heterocycles. The molecule has 4 nitrogen and oxygen atoms in total. The van der Waals surface area contributed by atoms with Gasteiger partial charge in [0.05, 0.1) is 6.61 Å². The van der Waals surface area contributed by atoms with Gasteiger partial charge in [0.1, 0.15) is 5.82 Å². The summed E-state index contributed by atoms with van der Waals surface area (Å²) in [5.41, 5.74) is 1.31. The summed E-state index contributed by atoms with van der Waals surface area (Å²) in [6.07, 6.45) is 4.68. The molecule has 0 aliphatic rings. The Morgan fingerprint density at radius 1 is 1.45 bits per heavy atom. The molecule has 0 amide bonds. The minimum atomic E-state index is -0.358. The highest BCUT2D eigenvalue weighted by atomic mass is 19.1. The molecule has 2 aromatic rings. The number of rotatable bonds is 7. The molecule has 0 fully saturated rings. The minimum Gasteiger partial charge on any atom is -0.392 e. The van der Waals surface area contributed by atoms with Gasteiger partial charge in [-0.3, -0.25) is 4.68 Å². The predicted molar refractivity (Wildman–Crippen MR) is 75.5 cm³/mol. The van der Waals surface area contributed by atoms with Gasteiger partial charge in [-0.2, -0.15) is 5.10 Å². The number of aryl methyl sites for hydroxylation is 1. The van der Waals surface area contributed by atoms with Gasteiger partial charge in [0, 0.05) is 37.1 Å². The maximum Gasteiger partial charge on any atom is 0.128 e. The molecule has 5 heteroatoms. The molecule has 108 valence electrons. The summed E-state index contributed by atoms with van der Waals surface area (Å²) in [4.78, 5) is 0. The first-order valence-electron chi connectivity index (χ1n) is 6.78. The molecule has 2 N–H and O–H groups in total. The molecular weight excluding hydrogens is 257 g/mol. The SMILES string of the molecule is CC(CCn1cccn1)NCc1ccc(F)c(CO)c1. The second-order valence-electron chi connectivity index (χ2n) is 4.92. The van der Waals surface area contributed by atoms with E-state index in [2.05, 4.69) is 17.3 Å². The van der Waals surface area contributed by atoms with Gasteiger partial charge in [-0.15, -0.1) is 0 Å². The Kier molecular flexibility index (Phi) is 5.26. The van der Waals surface area contributed by atoms with Gasteiger partial charge in [0.15, 0.2) is 0 Å². The van der Waals surface area contributed by atoms with Crippen LogP contribution in [0.15, 0.2) is 36.7 Å². The Labute approximate surface area is 118 Å². The highest BCUT2D eigenvalue weighted by Crippen LogP contribution is 2.11. The smallest absolute Gasteiger partial charge is 0.128 e. The van der Waals surface area contributed by atoms with Gasteiger partial charge in [-0.05, 0) is 37.1 Å². The molecule has 20 heavy (non-hydrogen) atoms. The molecule has 0 bridgehead atoms. The number of hydrogen-bond donors (Lipinski definition) is 2. The first-order valence-corrected chi connectivity index (χ1v) is 6.78. The Hall–Kier alpha value is -1.72. The quantitative estimate of drug-likeness (QED) is 0.814. The van der Waals surface area contributed by atoms with Gasteiger partial charge < -0.3 is 10.4 Å². The largest absolute Gasteiger partial charge is 0.392 e. The fourth-order valence-corrected chi connectivity index (χ4v) is 2.01. The van der Waals surface area contributed by atoms with Crippen molar-refractivity contribution in [3.63, 3.8) is 0 Å². The molecule has 0 saturated carbocycles. The highest BCUT2D eigenvalue weighted by Gasteiger charge is 2.05. The molecule has 1 aromatic heterocycles. The zero-order valence-corrected chi connectivity index (χ0v) is 11.6. The minimum absolute atomic E-state index is 0.269. The number of halogens is 1. The van der Waals surface area contributed by atoms with Gasteiger partial charge >= 0.3 is 0 Å². The fourth-order valence-electron chi connectivity index (χ4n) is 2.01. The molecule has 0 aliphatic carbocycles. The molecule has 1 atom stereocenters. The lowest BCUT2D eigenvalue weighted by atomic mass is 10.1. The van der Waals surface area contributed by atoms with Crippen molar-refractivity contribution in [1.29, 1.82) is 0 Å². The Morgan fingerprint density at radius 2 is 2.30 bits per heavy atom. The van der Waals surface area contributed by atoms with Crippen LogP contribution in [0, 0.1) is 5.82 Å². The van der Waals surface area contributed by atoms with Gasteiger partial charge in [0.2, 0.25) is 0 Å². The van der Waals surface area contributed by atoms with Crippen molar-refractivity contribution in [2.45, 2.75) is 39.1 Å². The lowest BCUT2D eigenvalue weighted by Crippen LogP contribution is -2.27. The highest BCUT2D eigenvalue weighted by molar-refractivity contribution is 5.24. The number of aromatic nitrogens is 2. The number of hydrogen-bond acceptors (Lipinski definition) is 3. The first kappa shape index (κ1) is 14.7. The molecular formula is C15H20FN3O. The van der Waals surface area contributed by atoms with E-state index in [0.29, 0.717) is 18.2 Å². The molecule has 0 radical (unpaired) electrons. The third kappa shape index (κ3) is 4.15. The van der Waals surface area contributed by atoms with Crippen molar-refractivity contribution in [2.75, 3.05) is 0 Å². The number of nitrogens with one attached hydrogen (secondary N) is 1. The van der Waals surface area contributed by atoms with Crippen LogP contribution in [0.5, 0.6) is 0 Å². The van der Waals surface area contributed by atoms with Crippen LogP contribution in [0.4, 0.5) is 4.39 Å². The van der Waals surface area contributed by atoms with E-state index in [1.807, 2.05) is 16.9 Å². The van der Waals surface area contributed by atoms with E-state index in [1.54, 1.807) is 18.3 Å². The predicted octanol–water partition coefficient (Wildman–Crippen LogP) is 2.08. The van der Waals surface area contributed by atoms with Crippen LogP contribution in [0.25, 0.3) is 0 Å². The second kappa shape index (κ2) is 7.17. The first-order chi connectivity index (χ1) is 9.69. The summed E-state index contributed by atoms with van der Waals surface area (Å²) >= 11 is 0. The van der Waals surface area contributed by atoms with Crippen LogP contribution in [0.3, 0.4) is 0 Å². The third-order valence-electron chi connectivity index (χ3n) is 3.29. The molecule has 0 spiro atoms. The number of aliphatic hydroxyl groups excluding tert-OH is 1. The van der Waals surface area contributed by atoms with E-state index in [4.69, 9.17) is 5.11 Å². The van der Waals surface area contributed by atoms with Crippen molar-refractivity contribution in [1.82, 2.24) is 15.1 Å². The zero-order valence-electron chi connectivity index (χ0n) is 11.6. The van der Waals surface area contributed by atoms with E-state index in [0.717, 1.165) is 18.5 Å². The van der Waals surface area contributed by atoms with E-state index >= 15 is 0 Å². The molecule has 1 heterocycles. The maximum absolute atomic E-state index is 13.3. The Morgan fingerprint density at radius 3 is 3.00 bits per heavy atom. The van der Waals surface area contributed by atoms with Crippen molar-refractivity contribution < 1.29 is 9.50 Å². The van der Waals surface area contributed by atoms with Gasteiger partial charge in [-0.1, -0.05) is 6.07 Å². The average Bonchev–Trinajstić information content (AvgIpc) is 2.97. The number of nitrogens with zero attached hydrogens (tertiary/aromatic N) is 2. The van der Waals surface area contributed by atoms with Gasteiger partial charge in [0.25, 0.3) is 0 Å². The van der Waals surface area contributed by atoms with Crippen LogP contribution in [0.2, 0.25) is 0 Å². The van der Waals surface area contributed by atoms with Crippen molar-refractivity contribution in [3.8, 4) is 0 Å². The monoisotopic (exact) mass is 277 g/mol. The number of aliphatic hydroxyl groups is 1. The summed E-state index contributed by atoms with van der Waals surface area (Å²) in [5, 5.41) is 16.6.